The molecule has 5 nitrogen and oxygen atoms in total. The van der Waals surface area contributed by atoms with Crippen molar-refractivity contribution in [2.75, 3.05) is 13.2 Å². The SMILES string of the molecule is CCCC(=O)NNCCC(=O)OCC. The van der Waals surface area contributed by atoms with Crippen LogP contribution in [0.3, 0.4) is 0 Å². The minimum atomic E-state index is -0.259. The normalized spacial score (nSPS) is 9.57. The molecule has 0 rings (SSSR count). The van der Waals surface area contributed by atoms with Gasteiger partial charge in [-0.15, -0.1) is 0 Å². The molecule has 0 fully saturated rings. The summed E-state index contributed by atoms with van der Waals surface area (Å²) in [5.41, 5.74) is 5.14. The molecule has 82 valence electrons. The molecular formula is C9H18N2O3. The van der Waals surface area contributed by atoms with Gasteiger partial charge in [0.25, 0.3) is 0 Å². The molecule has 0 aromatic heterocycles. The van der Waals surface area contributed by atoms with E-state index in [2.05, 4.69) is 10.9 Å². The zero-order chi connectivity index (χ0) is 10.8. The second-order valence-corrected chi connectivity index (χ2v) is 2.78. The molecule has 0 spiro atoms. The molecular weight excluding hydrogens is 184 g/mol. The number of amides is 1. The number of ether oxygens (including phenoxy) is 1. The number of hydrazine groups is 1. The number of carbonyl (C=O) groups excluding carboxylic acids is 2. The minimum Gasteiger partial charge on any atom is -0.466 e. The van der Waals surface area contributed by atoms with Gasteiger partial charge in [0.1, 0.15) is 0 Å². The highest BCUT2D eigenvalue weighted by Crippen LogP contribution is 1.85. The van der Waals surface area contributed by atoms with E-state index in [9.17, 15) is 9.59 Å². The maximum atomic E-state index is 10.9. The molecule has 0 aromatic carbocycles. The summed E-state index contributed by atoms with van der Waals surface area (Å²) in [5.74, 6) is -0.318. The van der Waals surface area contributed by atoms with Gasteiger partial charge in [0, 0.05) is 13.0 Å². The minimum absolute atomic E-state index is 0.0589. The van der Waals surface area contributed by atoms with Gasteiger partial charge in [-0.2, -0.15) is 0 Å². The van der Waals surface area contributed by atoms with Gasteiger partial charge < -0.3 is 4.74 Å². The van der Waals surface area contributed by atoms with E-state index in [4.69, 9.17) is 4.74 Å². The Labute approximate surface area is 84.2 Å². The molecule has 0 aliphatic rings. The average Bonchev–Trinajstić information content (AvgIpc) is 2.13. The van der Waals surface area contributed by atoms with Gasteiger partial charge in [-0.1, -0.05) is 6.92 Å². The van der Waals surface area contributed by atoms with E-state index in [1.54, 1.807) is 6.92 Å². The molecule has 5 heteroatoms. The van der Waals surface area contributed by atoms with Crippen LogP contribution in [0.25, 0.3) is 0 Å². The molecule has 0 radical (unpaired) electrons. The van der Waals surface area contributed by atoms with Crippen LogP contribution in [-0.2, 0) is 14.3 Å². The summed E-state index contributed by atoms with van der Waals surface area (Å²) >= 11 is 0. The molecule has 0 atom stereocenters. The maximum absolute atomic E-state index is 10.9. The third-order valence-corrected chi connectivity index (χ3v) is 1.46. The highest BCUT2D eigenvalue weighted by atomic mass is 16.5. The number of hydrogen-bond donors (Lipinski definition) is 2. The first-order chi connectivity index (χ1) is 6.70. The van der Waals surface area contributed by atoms with E-state index in [0.29, 0.717) is 19.6 Å². The fourth-order valence-electron chi connectivity index (χ4n) is 0.848. The first kappa shape index (κ1) is 12.9. The van der Waals surface area contributed by atoms with Crippen LogP contribution in [0.1, 0.15) is 33.1 Å². The lowest BCUT2D eigenvalue weighted by Crippen LogP contribution is -2.38. The Hall–Kier alpha value is -1.10. The standard InChI is InChI=1S/C9H18N2O3/c1-3-5-8(12)11-10-7-6-9(13)14-4-2/h10H,3-7H2,1-2H3,(H,11,12). The highest BCUT2D eigenvalue weighted by Gasteiger charge is 2.01. The van der Waals surface area contributed by atoms with E-state index in [1.807, 2.05) is 6.92 Å². The predicted molar refractivity (Wildman–Crippen MR) is 52.3 cm³/mol. The summed E-state index contributed by atoms with van der Waals surface area (Å²) in [4.78, 5) is 21.8. The maximum Gasteiger partial charge on any atom is 0.307 e. The van der Waals surface area contributed by atoms with Crippen LogP contribution in [0.2, 0.25) is 0 Å². The molecule has 14 heavy (non-hydrogen) atoms. The van der Waals surface area contributed by atoms with E-state index >= 15 is 0 Å². The zero-order valence-corrected chi connectivity index (χ0v) is 8.76. The largest absolute Gasteiger partial charge is 0.466 e. The smallest absolute Gasteiger partial charge is 0.307 e. The Morgan fingerprint density at radius 2 is 1.93 bits per heavy atom. The summed E-state index contributed by atoms with van der Waals surface area (Å²) in [6.07, 6.45) is 1.57. The van der Waals surface area contributed by atoms with Crippen molar-refractivity contribution in [3.8, 4) is 0 Å². The molecule has 0 saturated carbocycles. The number of nitrogens with one attached hydrogen (secondary N) is 2. The molecule has 0 aliphatic carbocycles. The average molecular weight is 202 g/mol. The van der Waals surface area contributed by atoms with Crippen molar-refractivity contribution in [3.63, 3.8) is 0 Å². The van der Waals surface area contributed by atoms with E-state index in [0.717, 1.165) is 6.42 Å². The third kappa shape index (κ3) is 7.54. The fourth-order valence-corrected chi connectivity index (χ4v) is 0.848. The molecule has 2 N–H and O–H groups in total. The van der Waals surface area contributed by atoms with Crippen molar-refractivity contribution < 1.29 is 14.3 Å². The highest BCUT2D eigenvalue weighted by molar-refractivity contribution is 5.75. The van der Waals surface area contributed by atoms with Crippen LogP contribution in [0.5, 0.6) is 0 Å². The molecule has 0 unspecified atom stereocenters. The summed E-state index contributed by atoms with van der Waals surface area (Å²) in [7, 11) is 0. The first-order valence-electron chi connectivity index (χ1n) is 4.88. The number of esters is 1. The van der Waals surface area contributed by atoms with Gasteiger partial charge in [0.05, 0.1) is 13.0 Å². The van der Waals surface area contributed by atoms with E-state index in [-0.39, 0.29) is 18.3 Å². The van der Waals surface area contributed by atoms with Crippen molar-refractivity contribution in [3.05, 3.63) is 0 Å². The topological polar surface area (TPSA) is 67.4 Å². The Balaban J connectivity index is 3.28. The lowest BCUT2D eigenvalue weighted by molar-refractivity contribution is -0.143. The van der Waals surface area contributed by atoms with Crippen molar-refractivity contribution >= 4 is 11.9 Å². The summed E-state index contributed by atoms with van der Waals surface area (Å²) in [6, 6.07) is 0. The van der Waals surface area contributed by atoms with Crippen molar-refractivity contribution in [1.29, 1.82) is 0 Å². The molecule has 0 aliphatic heterocycles. The molecule has 0 aromatic rings. The van der Waals surface area contributed by atoms with Gasteiger partial charge in [-0.05, 0) is 13.3 Å². The van der Waals surface area contributed by atoms with Gasteiger partial charge in [-0.3, -0.25) is 15.0 Å². The molecule has 0 bridgehead atoms. The van der Waals surface area contributed by atoms with Gasteiger partial charge in [0.15, 0.2) is 0 Å². The van der Waals surface area contributed by atoms with Crippen LogP contribution >= 0.6 is 0 Å². The predicted octanol–water partition coefficient (Wildman–Crippen LogP) is 0.361. The Kier molecular flexibility index (Phi) is 7.83. The van der Waals surface area contributed by atoms with Crippen molar-refractivity contribution in [2.45, 2.75) is 33.1 Å². The summed E-state index contributed by atoms with van der Waals surface area (Å²) in [5, 5.41) is 0. The quantitative estimate of drug-likeness (QED) is 0.355. The lowest BCUT2D eigenvalue weighted by Gasteiger charge is -2.05. The monoisotopic (exact) mass is 202 g/mol. The van der Waals surface area contributed by atoms with Crippen LogP contribution in [0.4, 0.5) is 0 Å². The first-order valence-corrected chi connectivity index (χ1v) is 4.88. The summed E-state index contributed by atoms with van der Waals surface area (Å²) in [6.45, 7) is 4.47. The third-order valence-electron chi connectivity index (χ3n) is 1.46. The molecule has 1 amide bonds. The van der Waals surface area contributed by atoms with Crippen LogP contribution in [0, 0.1) is 0 Å². The number of carbonyl (C=O) groups is 2. The Bertz CT molecular complexity index is 163. The van der Waals surface area contributed by atoms with Crippen molar-refractivity contribution in [2.24, 2.45) is 0 Å². The zero-order valence-electron chi connectivity index (χ0n) is 8.76. The molecule has 0 heterocycles. The van der Waals surface area contributed by atoms with Gasteiger partial charge in [0.2, 0.25) is 5.91 Å². The van der Waals surface area contributed by atoms with Gasteiger partial charge in [-0.25, -0.2) is 5.43 Å². The second kappa shape index (κ2) is 8.50. The van der Waals surface area contributed by atoms with Crippen LogP contribution in [-0.4, -0.2) is 25.0 Å². The molecule has 0 saturated heterocycles. The van der Waals surface area contributed by atoms with E-state index in [1.165, 1.54) is 0 Å². The van der Waals surface area contributed by atoms with Crippen LogP contribution < -0.4 is 10.9 Å². The van der Waals surface area contributed by atoms with Crippen LogP contribution in [0.15, 0.2) is 0 Å². The van der Waals surface area contributed by atoms with Crippen molar-refractivity contribution in [1.82, 2.24) is 10.9 Å². The Morgan fingerprint density at radius 3 is 2.50 bits per heavy atom. The Morgan fingerprint density at radius 1 is 1.21 bits per heavy atom. The lowest BCUT2D eigenvalue weighted by atomic mass is 10.3. The second-order valence-electron chi connectivity index (χ2n) is 2.78. The summed E-state index contributed by atoms with van der Waals surface area (Å²) < 4.78 is 4.70. The fraction of sp³-hybridized carbons (Fsp3) is 0.778. The van der Waals surface area contributed by atoms with Gasteiger partial charge >= 0.3 is 5.97 Å². The number of rotatable bonds is 7. The van der Waals surface area contributed by atoms with E-state index < -0.39 is 0 Å². The number of hydrogen-bond acceptors (Lipinski definition) is 4.